The van der Waals surface area contributed by atoms with Crippen LogP contribution in [0, 0.1) is 6.92 Å². The molecule has 0 bridgehead atoms. The molecule has 1 N–H and O–H groups in total. The number of aromatic nitrogens is 2. The van der Waals surface area contributed by atoms with Crippen LogP contribution in [0.15, 0.2) is 36.7 Å². The van der Waals surface area contributed by atoms with Crippen LogP contribution >= 0.6 is 0 Å². The Balaban J connectivity index is 1.93. The highest BCUT2D eigenvalue weighted by Crippen LogP contribution is 2.24. The van der Waals surface area contributed by atoms with Crippen LogP contribution in [0.4, 0.5) is 5.69 Å². The number of hydrogen-bond donors (Lipinski definition) is 1. The van der Waals surface area contributed by atoms with Crippen LogP contribution in [-0.2, 0) is 11.3 Å². The van der Waals surface area contributed by atoms with Crippen LogP contribution in [0.25, 0.3) is 0 Å². The minimum atomic E-state index is -0.0528. The van der Waals surface area contributed by atoms with E-state index in [1.54, 1.807) is 10.9 Å². The number of anilines is 1. The summed E-state index contributed by atoms with van der Waals surface area (Å²) in [5.41, 5.74) is 1.79. The first-order valence-corrected chi connectivity index (χ1v) is 7.09. The smallest absolute Gasteiger partial charge is 0.226 e. The average molecular weight is 287 g/mol. The Bertz CT molecular complexity index is 605. The van der Waals surface area contributed by atoms with E-state index in [0.717, 1.165) is 5.56 Å². The summed E-state index contributed by atoms with van der Waals surface area (Å²) in [4.78, 5) is 12.0. The van der Waals surface area contributed by atoms with Gasteiger partial charge in [-0.15, -0.1) is 0 Å². The van der Waals surface area contributed by atoms with Crippen molar-refractivity contribution < 1.29 is 9.53 Å². The summed E-state index contributed by atoms with van der Waals surface area (Å²) in [6, 6.07) is 7.46. The number of rotatable bonds is 6. The summed E-state index contributed by atoms with van der Waals surface area (Å²) >= 11 is 0. The van der Waals surface area contributed by atoms with Crippen LogP contribution in [0.5, 0.6) is 5.75 Å². The van der Waals surface area contributed by atoms with E-state index in [9.17, 15) is 4.79 Å². The van der Waals surface area contributed by atoms with Gasteiger partial charge in [0.05, 0.1) is 18.0 Å². The third-order valence-corrected chi connectivity index (χ3v) is 2.85. The number of benzene rings is 1. The predicted octanol–water partition coefficient (Wildman–Crippen LogP) is 3.01. The molecule has 0 saturated heterocycles. The van der Waals surface area contributed by atoms with Crippen molar-refractivity contribution in [3.05, 3.63) is 42.2 Å². The Labute approximate surface area is 124 Å². The van der Waals surface area contributed by atoms with Gasteiger partial charge in [0, 0.05) is 19.2 Å². The van der Waals surface area contributed by atoms with Crippen LogP contribution in [0.2, 0.25) is 0 Å². The highest BCUT2D eigenvalue weighted by molar-refractivity contribution is 5.92. The van der Waals surface area contributed by atoms with E-state index >= 15 is 0 Å². The van der Waals surface area contributed by atoms with E-state index in [2.05, 4.69) is 10.4 Å². The van der Waals surface area contributed by atoms with Gasteiger partial charge < -0.3 is 10.1 Å². The van der Waals surface area contributed by atoms with Crippen molar-refractivity contribution in [1.29, 1.82) is 0 Å². The van der Waals surface area contributed by atoms with E-state index in [4.69, 9.17) is 4.74 Å². The standard InChI is InChI=1S/C16H21N3O2/c1-12(2)21-15-7-5-4-6-14(15)18-16(20)8-9-19-11-13(3)10-17-19/h4-7,10-12H,8-9H2,1-3H3,(H,18,20). The lowest BCUT2D eigenvalue weighted by Gasteiger charge is -2.14. The van der Waals surface area contributed by atoms with Gasteiger partial charge in [-0.25, -0.2) is 0 Å². The molecule has 1 aromatic heterocycles. The maximum atomic E-state index is 12.0. The zero-order valence-electron chi connectivity index (χ0n) is 12.7. The molecular formula is C16H21N3O2. The van der Waals surface area contributed by atoms with Gasteiger partial charge in [-0.05, 0) is 38.5 Å². The zero-order valence-corrected chi connectivity index (χ0v) is 12.7. The minimum absolute atomic E-state index is 0.0528. The molecule has 0 radical (unpaired) electrons. The Hall–Kier alpha value is -2.30. The number of carbonyl (C=O) groups excluding carboxylic acids is 1. The fourth-order valence-electron chi connectivity index (χ4n) is 1.94. The first-order valence-electron chi connectivity index (χ1n) is 7.09. The van der Waals surface area contributed by atoms with Crippen molar-refractivity contribution in [3.8, 4) is 5.75 Å². The Morgan fingerprint density at radius 1 is 1.38 bits per heavy atom. The van der Waals surface area contributed by atoms with E-state index in [1.165, 1.54) is 0 Å². The molecular weight excluding hydrogens is 266 g/mol. The summed E-state index contributed by atoms with van der Waals surface area (Å²) in [5, 5.41) is 7.05. The average Bonchev–Trinajstić information content (AvgIpc) is 2.84. The van der Waals surface area contributed by atoms with Crippen molar-refractivity contribution in [1.82, 2.24) is 9.78 Å². The molecule has 0 unspecified atom stereocenters. The van der Waals surface area contributed by atoms with Crippen molar-refractivity contribution >= 4 is 11.6 Å². The molecule has 1 heterocycles. The summed E-state index contributed by atoms with van der Waals surface area (Å²) in [7, 11) is 0. The molecule has 5 heteroatoms. The molecule has 2 rings (SSSR count). The number of nitrogens with zero attached hydrogens (tertiary/aromatic N) is 2. The van der Waals surface area contributed by atoms with Crippen molar-refractivity contribution in [2.45, 2.75) is 39.8 Å². The number of aryl methyl sites for hydroxylation is 2. The number of nitrogens with one attached hydrogen (secondary N) is 1. The van der Waals surface area contributed by atoms with Gasteiger partial charge in [0.1, 0.15) is 5.75 Å². The molecule has 0 aliphatic rings. The monoisotopic (exact) mass is 287 g/mol. The first kappa shape index (κ1) is 15.1. The van der Waals surface area contributed by atoms with E-state index < -0.39 is 0 Å². The molecule has 1 amide bonds. The molecule has 0 spiro atoms. The zero-order chi connectivity index (χ0) is 15.2. The molecule has 2 aromatic rings. The van der Waals surface area contributed by atoms with E-state index in [0.29, 0.717) is 24.4 Å². The fourth-order valence-corrected chi connectivity index (χ4v) is 1.94. The summed E-state index contributed by atoms with van der Waals surface area (Å²) in [5.74, 6) is 0.638. The van der Waals surface area contributed by atoms with E-state index in [1.807, 2.05) is 51.2 Å². The molecule has 112 valence electrons. The predicted molar refractivity (Wildman–Crippen MR) is 82.4 cm³/mol. The molecule has 1 aromatic carbocycles. The maximum absolute atomic E-state index is 12.0. The molecule has 0 aliphatic heterocycles. The van der Waals surface area contributed by atoms with Gasteiger partial charge in [0.2, 0.25) is 5.91 Å². The third kappa shape index (κ3) is 4.63. The molecule has 0 atom stereocenters. The van der Waals surface area contributed by atoms with E-state index in [-0.39, 0.29) is 12.0 Å². The lowest BCUT2D eigenvalue weighted by atomic mass is 10.2. The van der Waals surface area contributed by atoms with Gasteiger partial charge in [-0.1, -0.05) is 12.1 Å². The summed E-state index contributed by atoms with van der Waals surface area (Å²) in [6.45, 7) is 6.45. The normalized spacial score (nSPS) is 10.7. The second-order valence-corrected chi connectivity index (χ2v) is 5.24. The number of amides is 1. The highest BCUT2D eigenvalue weighted by Gasteiger charge is 2.09. The van der Waals surface area contributed by atoms with Gasteiger partial charge in [-0.3, -0.25) is 9.48 Å². The quantitative estimate of drug-likeness (QED) is 0.888. The summed E-state index contributed by atoms with van der Waals surface area (Å²) < 4.78 is 7.45. The number of carbonyl (C=O) groups is 1. The number of para-hydroxylation sites is 2. The molecule has 0 saturated carbocycles. The van der Waals surface area contributed by atoms with Gasteiger partial charge >= 0.3 is 0 Å². The second kappa shape index (κ2) is 6.92. The Morgan fingerprint density at radius 2 is 2.14 bits per heavy atom. The minimum Gasteiger partial charge on any atom is -0.489 e. The SMILES string of the molecule is Cc1cnn(CCC(=O)Nc2ccccc2OC(C)C)c1. The number of hydrogen-bond acceptors (Lipinski definition) is 3. The summed E-state index contributed by atoms with van der Waals surface area (Å²) in [6.07, 6.45) is 4.14. The fraction of sp³-hybridized carbons (Fsp3) is 0.375. The van der Waals surface area contributed by atoms with Crippen molar-refractivity contribution in [3.63, 3.8) is 0 Å². The molecule has 0 aliphatic carbocycles. The van der Waals surface area contributed by atoms with Crippen LogP contribution in [-0.4, -0.2) is 21.8 Å². The van der Waals surface area contributed by atoms with Gasteiger partial charge in [0.25, 0.3) is 0 Å². The lowest BCUT2D eigenvalue weighted by Crippen LogP contribution is -2.16. The van der Waals surface area contributed by atoms with Crippen molar-refractivity contribution in [2.75, 3.05) is 5.32 Å². The van der Waals surface area contributed by atoms with Gasteiger partial charge in [0.15, 0.2) is 0 Å². The largest absolute Gasteiger partial charge is 0.489 e. The van der Waals surface area contributed by atoms with Gasteiger partial charge in [-0.2, -0.15) is 5.10 Å². The highest BCUT2D eigenvalue weighted by atomic mass is 16.5. The lowest BCUT2D eigenvalue weighted by molar-refractivity contribution is -0.116. The topological polar surface area (TPSA) is 56.2 Å². The van der Waals surface area contributed by atoms with Crippen LogP contribution < -0.4 is 10.1 Å². The Kier molecular flexibility index (Phi) is 4.98. The van der Waals surface area contributed by atoms with Crippen molar-refractivity contribution in [2.24, 2.45) is 0 Å². The molecule has 0 fully saturated rings. The van der Waals surface area contributed by atoms with Crippen LogP contribution in [0.3, 0.4) is 0 Å². The first-order chi connectivity index (χ1) is 10.0. The maximum Gasteiger partial charge on any atom is 0.226 e. The number of ether oxygens (including phenoxy) is 1. The van der Waals surface area contributed by atoms with Crippen LogP contribution in [0.1, 0.15) is 25.8 Å². The third-order valence-electron chi connectivity index (χ3n) is 2.85. The molecule has 21 heavy (non-hydrogen) atoms. The second-order valence-electron chi connectivity index (χ2n) is 5.24. The molecule has 5 nitrogen and oxygen atoms in total. The Morgan fingerprint density at radius 3 is 2.81 bits per heavy atom.